The highest BCUT2D eigenvalue weighted by atomic mass is 32.2. The number of hydrogen-bond donors (Lipinski definition) is 0. The molecule has 0 spiro atoms. The average molecular weight is 306 g/mol. The van der Waals surface area contributed by atoms with E-state index >= 15 is 0 Å². The van der Waals surface area contributed by atoms with Crippen LogP contribution in [0, 0.1) is 0 Å². The second-order valence-electron chi connectivity index (χ2n) is 4.63. The predicted octanol–water partition coefficient (Wildman–Crippen LogP) is 3.20. The second kappa shape index (κ2) is 6.74. The van der Waals surface area contributed by atoms with E-state index in [1.807, 2.05) is 31.2 Å². The molecule has 0 radical (unpaired) electrons. The summed E-state index contributed by atoms with van der Waals surface area (Å²) >= 11 is 0. The van der Waals surface area contributed by atoms with Crippen molar-refractivity contribution in [2.45, 2.75) is 17.9 Å². The second-order valence-corrected chi connectivity index (χ2v) is 6.56. The van der Waals surface area contributed by atoms with Gasteiger partial charge in [0.2, 0.25) is 9.84 Å². The summed E-state index contributed by atoms with van der Waals surface area (Å²) < 4.78 is 34.8. The fourth-order valence-electron chi connectivity index (χ4n) is 1.86. The van der Waals surface area contributed by atoms with Crippen molar-refractivity contribution in [3.05, 3.63) is 60.2 Å². The summed E-state index contributed by atoms with van der Waals surface area (Å²) in [5, 5.41) is 0. The summed E-state index contributed by atoms with van der Waals surface area (Å²) in [6.07, 6.45) is -0.311. The minimum absolute atomic E-state index is 0.270. The van der Waals surface area contributed by atoms with Gasteiger partial charge >= 0.3 is 0 Å². The van der Waals surface area contributed by atoms with E-state index in [1.165, 1.54) is 0 Å². The minimum Gasteiger partial charge on any atom is -0.497 e. The number of methoxy groups -OCH3 is 1. The summed E-state index contributed by atoms with van der Waals surface area (Å²) in [5.74, 6) is 0.410. The predicted molar refractivity (Wildman–Crippen MR) is 81.0 cm³/mol. The smallest absolute Gasteiger partial charge is 0.202 e. The molecule has 112 valence electrons. The maximum absolute atomic E-state index is 12.1. The van der Waals surface area contributed by atoms with Gasteiger partial charge in [0.25, 0.3) is 0 Å². The first kappa shape index (κ1) is 15.5. The van der Waals surface area contributed by atoms with Crippen LogP contribution in [0.2, 0.25) is 0 Å². The molecule has 4 nitrogen and oxygen atoms in total. The van der Waals surface area contributed by atoms with Crippen LogP contribution in [-0.2, 0) is 14.6 Å². The van der Waals surface area contributed by atoms with Gasteiger partial charge in [-0.3, -0.25) is 0 Å². The highest BCUT2D eigenvalue weighted by molar-refractivity contribution is 7.91. The van der Waals surface area contributed by atoms with E-state index in [-0.39, 0.29) is 16.9 Å². The molecule has 0 bridgehead atoms. The zero-order chi connectivity index (χ0) is 15.3. The monoisotopic (exact) mass is 306 g/mol. The standard InChI is InChI=1S/C16H18O4S/c1-13(14-8-10-15(19-2)11-9-14)20-12-21(17,18)16-6-4-3-5-7-16/h3-11,13H,12H2,1-2H3/t13-/m0/s1. The van der Waals surface area contributed by atoms with Gasteiger partial charge in [0.05, 0.1) is 18.1 Å². The molecular weight excluding hydrogens is 288 g/mol. The number of benzene rings is 2. The van der Waals surface area contributed by atoms with Crippen LogP contribution in [0.15, 0.2) is 59.5 Å². The van der Waals surface area contributed by atoms with Crippen LogP contribution in [0.4, 0.5) is 0 Å². The molecule has 5 heteroatoms. The molecule has 0 aliphatic rings. The third kappa shape index (κ3) is 4.06. The van der Waals surface area contributed by atoms with Gasteiger partial charge < -0.3 is 9.47 Å². The van der Waals surface area contributed by atoms with Gasteiger partial charge in [0, 0.05) is 0 Å². The third-order valence-electron chi connectivity index (χ3n) is 3.16. The highest BCUT2D eigenvalue weighted by Crippen LogP contribution is 2.21. The molecule has 0 heterocycles. The van der Waals surface area contributed by atoms with Crippen molar-refractivity contribution in [1.82, 2.24) is 0 Å². The lowest BCUT2D eigenvalue weighted by atomic mass is 10.1. The maximum Gasteiger partial charge on any atom is 0.202 e. The van der Waals surface area contributed by atoms with E-state index in [2.05, 4.69) is 0 Å². The summed E-state index contributed by atoms with van der Waals surface area (Å²) in [7, 11) is -1.82. The first-order chi connectivity index (χ1) is 10.0. The Morgan fingerprint density at radius 3 is 2.19 bits per heavy atom. The summed E-state index contributed by atoms with van der Waals surface area (Å²) in [4.78, 5) is 0.270. The van der Waals surface area contributed by atoms with Gasteiger partial charge in [0.15, 0.2) is 5.94 Å². The SMILES string of the molecule is COc1ccc([C@H](C)OCS(=O)(=O)c2ccccc2)cc1. The Hall–Kier alpha value is -1.85. The molecule has 0 saturated heterocycles. The van der Waals surface area contributed by atoms with E-state index in [4.69, 9.17) is 9.47 Å². The fraction of sp³-hybridized carbons (Fsp3) is 0.250. The molecule has 2 rings (SSSR count). The molecule has 0 unspecified atom stereocenters. The zero-order valence-electron chi connectivity index (χ0n) is 12.0. The molecule has 0 aromatic heterocycles. The molecule has 0 aliphatic carbocycles. The quantitative estimate of drug-likeness (QED) is 0.822. The fourth-order valence-corrected chi connectivity index (χ4v) is 2.95. The normalized spacial score (nSPS) is 12.9. The third-order valence-corrected chi connectivity index (χ3v) is 4.60. The summed E-state index contributed by atoms with van der Waals surface area (Å²) in [6.45, 7) is 1.82. The van der Waals surface area contributed by atoms with Gasteiger partial charge in [-0.2, -0.15) is 0 Å². The molecular formula is C16H18O4S. The Labute approximate surface area is 125 Å². The zero-order valence-corrected chi connectivity index (χ0v) is 12.8. The average Bonchev–Trinajstić information content (AvgIpc) is 2.53. The van der Waals surface area contributed by atoms with Crippen molar-refractivity contribution in [1.29, 1.82) is 0 Å². The van der Waals surface area contributed by atoms with Crippen molar-refractivity contribution in [3.8, 4) is 5.75 Å². The Balaban J connectivity index is 2.01. The lowest BCUT2D eigenvalue weighted by Crippen LogP contribution is -2.12. The topological polar surface area (TPSA) is 52.6 Å². The largest absolute Gasteiger partial charge is 0.497 e. The molecule has 0 amide bonds. The van der Waals surface area contributed by atoms with Gasteiger partial charge in [-0.1, -0.05) is 30.3 Å². The lowest BCUT2D eigenvalue weighted by molar-refractivity contribution is 0.101. The van der Waals surface area contributed by atoms with Crippen LogP contribution in [0.25, 0.3) is 0 Å². The number of rotatable bonds is 6. The molecule has 21 heavy (non-hydrogen) atoms. The Bertz CT molecular complexity index is 663. The van der Waals surface area contributed by atoms with Crippen molar-refractivity contribution in [2.75, 3.05) is 13.0 Å². The maximum atomic E-state index is 12.1. The van der Waals surface area contributed by atoms with Crippen LogP contribution in [0.3, 0.4) is 0 Å². The highest BCUT2D eigenvalue weighted by Gasteiger charge is 2.16. The summed E-state index contributed by atoms with van der Waals surface area (Å²) in [5.41, 5.74) is 0.902. The Morgan fingerprint density at radius 2 is 1.62 bits per heavy atom. The van der Waals surface area contributed by atoms with Crippen molar-refractivity contribution in [2.24, 2.45) is 0 Å². The number of hydrogen-bond acceptors (Lipinski definition) is 4. The number of sulfone groups is 1. The van der Waals surface area contributed by atoms with Gasteiger partial charge in [-0.25, -0.2) is 8.42 Å². The van der Waals surface area contributed by atoms with Crippen LogP contribution < -0.4 is 4.74 Å². The first-order valence-corrected chi connectivity index (χ1v) is 8.21. The van der Waals surface area contributed by atoms with E-state index in [0.717, 1.165) is 11.3 Å². The molecule has 0 aliphatic heterocycles. The molecule has 0 fully saturated rings. The molecule has 0 N–H and O–H groups in total. The van der Waals surface area contributed by atoms with Gasteiger partial charge in [-0.05, 0) is 36.8 Å². The van der Waals surface area contributed by atoms with Crippen molar-refractivity contribution < 1.29 is 17.9 Å². The van der Waals surface area contributed by atoms with E-state index < -0.39 is 9.84 Å². The Kier molecular flexibility index (Phi) is 4.98. The first-order valence-electron chi connectivity index (χ1n) is 6.56. The lowest BCUT2D eigenvalue weighted by Gasteiger charge is -2.14. The number of ether oxygens (including phenoxy) is 2. The summed E-state index contributed by atoms with van der Waals surface area (Å²) in [6, 6.07) is 15.7. The van der Waals surface area contributed by atoms with Crippen LogP contribution in [-0.4, -0.2) is 21.5 Å². The van der Waals surface area contributed by atoms with Crippen LogP contribution in [0.5, 0.6) is 5.75 Å². The molecule has 2 aromatic rings. The molecule has 1 atom stereocenters. The minimum atomic E-state index is -3.42. The van der Waals surface area contributed by atoms with Gasteiger partial charge in [0.1, 0.15) is 5.75 Å². The van der Waals surface area contributed by atoms with E-state index in [9.17, 15) is 8.42 Å². The van der Waals surface area contributed by atoms with Gasteiger partial charge in [-0.15, -0.1) is 0 Å². The van der Waals surface area contributed by atoms with Crippen molar-refractivity contribution >= 4 is 9.84 Å². The molecule has 2 aromatic carbocycles. The Morgan fingerprint density at radius 1 is 1.00 bits per heavy atom. The van der Waals surface area contributed by atoms with E-state index in [0.29, 0.717) is 0 Å². The van der Waals surface area contributed by atoms with Crippen LogP contribution in [0.1, 0.15) is 18.6 Å². The van der Waals surface area contributed by atoms with Crippen LogP contribution >= 0.6 is 0 Å². The molecule has 0 saturated carbocycles. The van der Waals surface area contributed by atoms with E-state index in [1.54, 1.807) is 37.4 Å². The van der Waals surface area contributed by atoms with Crippen molar-refractivity contribution in [3.63, 3.8) is 0 Å².